The Morgan fingerprint density at radius 3 is 2.90 bits per heavy atom. The monoisotopic (exact) mass is 296 g/mol. The van der Waals surface area contributed by atoms with Crippen molar-refractivity contribution in [3.8, 4) is 5.75 Å². The molecule has 3 nitrogen and oxygen atoms in total. The van der Waals surface area contributed by atoms with Gasteiger partial charge in [0.2, 0.25) is 0 Å². The fraction of sp³-hybridized carbons (Fsp3) is 0.625. The number of halogens is 1. The lowest BCUT2D eigenvalue weighted by molar-refractivity contribution is 0.153. The van der Waals surface area contributed by atoms with Crippen molar-refractivity contribution in [3.63, 3.8) is 0 Å². The second-order valence-electron chi connectivity index (χ2n) is 5.75. The Morgan fingerprint density at radius 1 is 1.45 bits per heavy atom. The lowest BCUT2D eigenvalue weighted by atomic mass is 10.0. The predicted molar refractivity (Wildman–Crippen MR) is 84.4 cm³/mol. The molecule has 1 fully saturated rings. The number of ether oxygens (including phenoxy) is 1. The van der Waals surface area contributed by atoms with Gasteiger partial charge in [-0.15, -0.1) is 0 Å². The molecule has 1 aliphatic heterocycles. The van der Waals surface area contributed by atoms with E-state index in [9.17, 15) is 0 Å². The number of nitrogens with two attached hydrogens (primary N) is 1. The molecule has 1 aromatic carbocycles. The van der Waals surface area contributed by atoms with Crippen LogP contribution in [0.3, 0.4) is 0 Å². The fourth-order valence-corrected chi connectivity index (χ4v) is 2.97. The zero-order valence-corrected chi connectivity index (χ0v) is 13.2. The summed E-state index contributed by atoms with van der Waals surface area (Å²) in [5.74, 6) is 0.759. The van der Waals surface area contributed by atoms with Gasteiger partial charge in [-0.3, -0.25) is 0 Å². The van der Waals surface area contributed by atoms with Crippen molar-refractivity contribution in [2.45, 2.75) is 44.7 Å². The van der Waals surface area contributed by atoms with Crippen molar-refractivity contribution in [1.29, 1.82) is 0 Å². The van der Waals surface area contributed by atoms with E-state index in [1.165, 1.54) is 25.8 Å². The molecule has 0 aliphatic carbocycles. The predicted octanol–water partition coefficient (Wildman–Crippen LogP) is 3.61. The third-order valence-electron chi connectivity index (χ3n) is 4.11. The minimum absolute atomic E-state index is 0.00237. The van der Waals surface area contributed by atoms with Gasteiger partial charge in [0.05, 0.1) is 11.6 Å². The van der Waals surface area contributed by atoms with E-state index in [0.29, 0.717) is 17.7 Å². The molecule has 2 atom stereocenters. The van der Waals surface area contributed by atoms with Crippen LogP contribution < -0.4 is 10.5 Å². The molecule has 0 aromatic heterocycles. The number of benzene rings is 1. The maximum Gasteiger partial charge on any atom is 0.137 e. The Hall–Kier alpha value is -0.770. The maximum atomic E-state index is 6.23. The zero-order valence-electron chi connectivity index (χ0n) is 12.4. The van der Waals surface area contributed by atoms with Crippen molar-refractivity contribution in [2.24, 2.45) is 5.73 Å². The van der Waals surface area contributed by atoms with Gasteiger partial charge in [-0.05, 0) is 57.5 Å². The van der Waals surface area contributed by atoms with Gasteiger partial charge < -0.3 is 15.4 Å². The Labute approximate surface area is 127 Å². The third kappa shape index (κ3) is 4.11. The average Bonchev–Trinajstić information content (AvgIpc) is 2.42. The molecule has 4 heteroatoms. The molecule has 20 heavy (non-hydrogen) atoms. The largest absolute Gasteiger partial charge is 0.492 e. The van der Waals surface area contributed by atoms with Crippen LogP contribution in [-0.2, 0) is 0 Å². The average molecular weight is 297 g/mol. The van der Waals surface area contributed by atoms with Crippen molar-refractivity contribution in [3.05, 3.63) is 28.8 Å². The zero-order chi connectivity index (χ0) is 14.5. The quantitative estimate of drug-likeness (QED) is 0.902. The summed E-state index contributed by atoms with van der Waals surface area (Å²) in [5.41, 5.74) is 6.88. The second kappa shape index (κ2) is 7.30. The summed E-state index contributed by atoms with van der Waals surface area (Å²) in [5, 5.41) is 0.650. The molecule has 1 aliphatic rings. The highest BCUT2D eigenvalue weighted by Crippen LogP contribution is 2.28. The summed E-state index contributed by atoms with van der Waals surface area (Å²) < 4.78 is 5.82. The molecule has 0 saturated carbocycles. The van der Waals surface area contributed by atoms with Crippen LogP contribution in [-0.4, -0.2) is 31.1 Å². The van der Waals surface area contributed by atoms with Gasteiger partial charge in [0.1, 0.15) is 5.75 Å². The van der Waals surface area contributed by atoms with Crippen molar-refractivity contribution < 1.29 is 4.74 Å². The fourth-order valence-electron chi connectivity index (χ4n) is 2.73. The number of piperidine rings is 1. The summed E-state index contributed by atoms with van der Waals surface area (Å²) in [7, 11) is 2.20. The van der Waals surface area contributed by atoms with E-state index in [1.54, 1.807) is 0 Å². The van der Waals surface area contributed by atoms with Crippen molar-refractivity contribution in [2.75, 3.05) is 20.2 Å². The minimum Gasteiger partial charge on any atom is -0.492 e. The highest BCUT2D eigenvalue weighted by Gasteiger charge is 2.18. The van der Waals surface area contributed by atoms with Crippen LogP contribution in [0.15, 0.2) is 18.2 Å². The molecule has 2 rings (SSSR count). The van der Waals surface area contributed by atoms with E-state index in [1.807, 2.05) is 25.1 Å². The molecule has 0 spiro atoms. The van der Waals surface area contributed by atoms with Gasteiger partial charge in [-0.2, -0.15) is 0 Å². The Morgan fingerprint density at radius 2 is 2.25 bits per heavy atom. The maximum absolute atomic E-state index is 6.23. The van der Waals surface area contributed by atoms with Crippen molar-refractivity contribution >= 4 is 11.6 Å². The normalized spacial score (nSPS) is 21.7. The molecule has 0 radical (unpaired) electrons. The lowest BCUT2D eigenvalue weighted by Gasteiger charge is -2.32. The van der Waals surface area contributed by atoms with Crippen LogP contribution in [0.2, 0.25) is 5.02 Å². The van der Waals surface area contributed by atoms with Gasteiger partial charge in [0.15, 0.2) is 0 Å². The van der Waals surface area contributed by atoms with E-state index in [2.05, 4.69) is 11.9 Å². The first kappa shape index (κ1) is 15.6. The summed E-state index contributed by atoms with van der Waals surface area (Å²) >= 11 is 6.23. The van der Waals surface area contributed by atoms with Crippen molar-refractivity contribution in [1.82, 2.24) is 4.90 Å². The number of hydrogen-bond donors (Lipinski definition) is 1. The molecule has 0 bridgehead atoms. The van der Waals surface area contributed by atoms with Gasteiger partial charge in [0.25, 0.3) is 0 Å². The second-order valence-corrected chi connectivity index (χ2v) is 6.15. The first-order valence-corrected chi connectivity index (χ1v) is 7.84. The van der Waals surface area contributed by atoms with Gasteiger partial charge in [0, 0.05) is 12.1 Å². The smallest absolute Gasteiger partial charge is 0.137 e. The van der Waals surface area contributed by atoms with Crippen LogP contribution in [0.5, 0.6) is 5.75 Å². The first-order valence-electron chi connectivity index (χ1n) is 7.46. The van der Waals surface area contributed by atoms with Gasteiger partial charge in [-0.25, -0.2) is 0 Å². The summed E-state index contributed by atoms with van der Waals surface area (Å²) in [4.78, 5) is 2.44. The van der Waals surface area contributed by atoms with E-state index in [-0.39, 0.29) is 6.04 Å². The highest BCUT2D eigenvalue weighted by molar-refractivity contribution is 6.32. The topological polar surface area (TPSA) is 38.5 Å². The summed E-state index contributed by atoms with van der Waals surface area (Å²) in [6.45, 7) is 3.87. The van der Waals surface area contributed by atoms with Crippen LogP contribution >= 0.6 is 11.6 Å². The molecular weight excluding hydrogens is 272 g/mol. The molecule has 1 heterocycles. The van der Waals surface area contributed by atoms with E-state index in [4.69, 9.17) is 22.1 Å². The van der Waals surface area contributed by atoms with E-state index < -0.39 is 0 Å². The highest BCUT2D eigenvalue weighted by atomic mass is 35.5. The van der Waals surface area contributed by atoms with Crippen LogP contribution in [0.1, 0.15) is 44.2 Å². The molecule has 1 unspecified atom stereocenters. The Balaban J connectivity index is 1.84. The Bertz CT molecular complexity index is 436. The number of hydrogen-bond acceptors (Lipinski definition) is 3. The summed E-state index contributed by atoms with van der Waals surface area (Å²) in [6.07, 6.45) is 4.98. The molecule has 1 aromatic rings. The van der Waals surface area contributed by atoms with Crippen LogP contribution in [0.25, 0.3) is 0 Å². The van der Waals surface area contributed by atoms with Crippen LogP contribution in [0.4, 0.5) is 0 Å². The summed E-state index contributed by atoms with van der Waals surface area (Å²) in [6, 6.07) is 6.45. The number of nitrogens with zero attached hydrogens (tertiary/aromatic N) is 1. The van der Waals surface area contributed by atoms with Crippen LogP contribution in [0, 0.1) is 0 Å². The van der Waals surface area contributed by atoms with E-state index in [0.717, 1.165) is 17.7 Å². The number of rotatable bonds is 5. The van der Waals surface area contributed by atoms with Gasteiger partial charge >= 0.3 is 0 Å². The third-order valence-corrected chi connectivity index (χ3v) is 4.41. The Kier molecular flexibility index (Phi) is 5.70. The standard InChI is InChI=1S/C16H25ClN2O/c1-12(18)13-6-7-16(15(17)11-13)20-10-8-14-5-3-4-9-19(14)2/h6-7,11-12,14H,3-5,8-10,18H2,1-2H3/t12-,14?/m0/s1. The minimum atomic E-state index is -0.00237. The van der Waals surface area contributed by atoms with E-state index >= 15 is 0 Å². The van der Waals surface area contributed by atoms with Gasteiger partial charge in [-0.1, -0.05) is 24.1 Å². The molecule has 1 saturated heterocycles. The number of likely N-dealkylation sites (tertiary alicyclic amines) is 1. The molecule has 0 amide bonds. The lowest BCUT2D eigenvalue weighted by Crippen LogP contribution is -2.37. The molecule has 112 valence electrons. The SMILES string of the molecule is C[C@H](N)c1ccc(OCCC2CCCCN2C)c(Cl)c1. The first-order chi connectivity index (χ1) is 9.58. The molecule has 2 N–H and O–H groups in total. The molecular formula is C16H25ClN2O.